The van der Waals surface area contributed by atoms with Crippen molar-refractivity contribution in [2.24, 2.45) is 0 Å². The summed E-state index contributed by atoms with van der Waals surface area (Å²) in [5, 5.41) is 35.3. The summed E-state index contributed by atoms with van der Waals surface area (Å²) in [4.78, 5) is 20.1. The van der Waals surface area contributed by atoms with Gasteiger partial charge in [0.1, 0.15) is 21.2 Å². The van der Waals surface area contributed by atoms with Crippen LogP contribution in [0.1, 0.15) is 0 Å². The molecule has 0 heterocycles. The van der Waals surface area contributed by atoms with E-state index in [0.29, 0.717) is 23.5 Å². The molecule has 18 nitrogen and oxygen atoms in total. The molecular formula is C36H28N6O12S3. The van der Waals surface area contributed by atoms with Crippen molar-refractivity contribution in [1.29, 1.82) is 0 Å². The molecule has 6 N–H and O–H groups in total. The highest BCUT2D eigenvalue weighted by molar-refractivity contribution is 7.91. The van der Waals surface area contributed by atoms with Crippen LogP contribution < -0.4 is 21.3 Å². The maximum Gasteiger partial charge on any atom is 0.296 e. The first-order valence-electron chi connectivity index (χ1n) is 16.1. The second-order valence-electron chi connectivity index (χ2n) is 12.0. The van der Waals surface area contributed by atoms with Gasteiger partial charge in [-0.15, -0.1) is 0 Å². The fourth-order valence-electron chi connectivity index (χ4n) is 5.51. The van der Waals surface area contributed by atoms with Crippen molar-refractivity contribution >= 4 is 86.9 Å². The van der Waals surface area contributed by atoms with Crippen molar-refractivity contribution in [3.8, 4) is 0 Å². The Kier molecular flexibility index (Phi) is 10.9. The topological polar surface area (TPSA) is 277 Å². The minimum atomic E-state index is -4.81. The number of hydrogen-bond donors (Lipinski definition) is 6. The number of nitro benzene ring substituents is 2. The van der Waals surface area contributed by atoms with E-state index >= 15 is 0 Å². The van der Waals surface area contributed by atoms with Gasteiger partial charge in [-0.3, -0.25) is 29.3 Å². The molecule has 0 aromatic heterocycles. The van der Waals surface area contributed by atoms with Crippen LogP contribution in [0.2, 0.25) is 0 Å². The van der Waals surface area contributed by atoms with Crippen molar-refractivity contribution in [2.75, 3.05) is 21.3 Å². The van der Waals surface area contributed by atoms with Crippen LogP contribution in [0, 0.1) is 20.2 Å². The van der Waals surface area contributed by atoms with E-state index in [9.17, 15) is 54.6 Å². The van der Waals surface area contributed by atoms with Crippen LogP contribution in [0.3, 0.4) is 0 Å². The Hall–Kier alpha value is -6.91. The van der Waals surface area contributed by atoms with Crippen LogP contribution >= 0.6 is 0 Å². The van der Waals surface area contributed by atoms with Gasteiger partial charge < -0.3 is 21.3 Å². The second-order valence-corrected chi connectivity index (χ2v) is 16.7. The van der Waals surface area contributed by atoms with Crippen LogP contribution in [0.5, 0.6) is 0 Å². The summed E-state index contributed by atoms with van der Waals surface area (Å²) in [5.74, 6) is 0. The van der Waals surface area contributed by atoms with Gasteiger partial charge in [-0.1, -0.05) is 36.4 Å². The fraction of sp³-hybridized carbons (Fsp3) is 0. The van der Waals surface area contributed by atoms with E-state index in [1.807, 2.05) is 0 Å². The molecule has 0 saturated carbocycles. The van der Waals surface area contributed by atoms with E-state index in [-0.39, 0.29) is 34.1 Å². The van der Waals surface area contributed by atoms with Crippen molar-refractivity contribution < 1.29 is 44.2 Å². The molecule has 6 aromatic carbocycles. The Bertz CT molecular complexity index is 2690. The molecule has 0 saturated heterocycles. The third-order valence-electron chi connectivity index (χ3n) is 8.14. The number of para-hydroxylation sites is 2. The van der Waals surface area contributed by atoms with Gasteiger partial charge in [0.25, 0.3) is 31.6 Å². The van der Waals surface area contributed by atoms with Gasteiger partial charge in [-0.2, -0.15) is 16.8 Å². The average Bonchev–Trinajstić information content (AvgIpc) is 3.16. The SMILES string of the molecule is O=[N+]([O-])c1cc(S(=O)(=O)c2ccc(Nc3ccc(Nc4ccccc4)c(S(=O)(=O)O)c3)c([N+](=O)[O-])c2)ccc1Nc1ccc(Nc2ccccc2)c(S(=O)(=O)O)c1. The molecule has 57 heavy (non-hydrogen) atoms. The Labute approximate surface area is 324 Å². The van der Waals surface area contributed by atoms with Gasteiger partial charge in [-0.05, 0) is 84.9 Å². The minimum Gasteiger partial charge on any atom is -0.354 e. The predicted molar refractivity (Wildman–Crippen MR) is 210 cm³/mol. The van der Waals surface area contributed by atoms with Gasteiger partial charge in [-0.25, -0.2) is 8.42 Å². The maximum atomic E-state index is 13.7. The molecule has 0 unspecified atom stereocenters. The standard InChI is InChI=1S/C36H28N6O12S3/c43-41(44)33-21-27(13-17-29(33)39-25-11-15-31(35(19-25)56(49,50)51)37-23-7-3-1-4-8-23)55(47,48)28-14-18-30(34(22-28)42(45)46)40-26-12-16-32(36(20-26)57(52,53)54)38-24-9-5-2-6-10-24/h1-22,37-40H,(H,49,50,51)(H,52,53,54). The van der Waals surface area contributed by atoms with E-state index < -0.39 is 70.9 Å². The molecule has 6 aromatic rings. The van der Waals surface area contributed by atoms with Gasteiger partial charge in [0.05, 0.1) is 31.0 Å². The number of nitrogens with one attached hydrogen (secondary N) is 4. The Morgan fingerprint density at radius 1 is 0.421 bits per heavy atom. The lowest BCUT2D eigenvalue weighted by atomic mass is 10.2. The zero-order valence-electron chi connectivity index (χ0n) is 28.8. The van der Waals surface area contributed by atoms with Gasteiger partial charge >= 0.3 is 0 Å². The monoisotopic (exact) mass is 832 g/mol. The Morgan fingerprint density at radius 3 is 1.09 bits per heavy atom. The van der Waals surface area contributed by atoms with Gasteiger partial charge in [0, 0.05) is 34.9 Å². The maximum absolute atomic E-state index is 13.7. The Morgan fingerprint density at radius 2 is 0.754 bits per heavy atom. The lowest BCUT2D eigenvalue weighted by molar-refractivity contribution is -0.384. The van der Waals surface area contributed by atoms with Crippen LogP contribution in [0.25, 0.3) is 0 Å². The summed E-state index contributed by atoms with van der Waals surface area (Å²) >= 11 is 0. The quantitative estimate of drug-likeness (QED) is 0.0347. The van der Waals surface area contributed by atoms with E-state index in [1.165, 1.54) is 24.3 Å². The summed E-state index contributed by atoms with van der Waals surface area (Å²) < 4.78 is 96.2. The highest BCUT2D eigenvalue weighted by Crippen LogP contribution is 2.38. The third kappa shape index (κ3) is 9.15. The lowest BCUT2D eigenvalue weighted by Crippen LogP contribution is -2.07. The van der Waals surface area contributed by atoms with Gasteiger partial charge in [0.2, 0.25) is 9.84 Å². The minimum absolute atomic E-state index is 0.00241. The highest BCUT2D eigenvalue weighted by atomic mass is 32.2. The number of hydrogen-bond acceptors (Lipinski definition) is 14. The molecule has 0 radical (unpaired) electrons. The first-order chi connectivity index (χ1) is 26.9. The molecule has 0 atom stereocenters. The molecule has 0 aliphatic carbocycles. The smallest absolute Gasteiger partial charge is 0.296 e. The zero-order valence-corrected chi connectivity index (χ0v) is 31.2. The molecule has 0 spiro atoms. The first kappa shape index (κ1) is 39.8. The summed E-state index contributed by atoms with van der Waals surface area (Å²) in [6.07, 6.45) is 0. The summed E-state index contributed by atoms with van der Waals surface area (Å²) in [7, 11) is -14.3. The number of rotatable bonds is 14. The van der Waals surface area contributed by atoms with E-state index in [2.05, 4.69) is 21.3 Å². The number of benzene rings is 6. The number of nitrogens with zero attached hydrogens (tertiary/aromatic N) is 2. The van der Waals surface area contributed by atoms with Crippen LogP contribution in [-0.4, -0.2) is 44.2 Å². The molecule has 0 aliphatic rings. The summed E-state index contributed by atoms with van der Waals surface area (Å²) in [6, 6.07) is 29.7. The van der Waals surface area contributed by atoms with Crippen molar-refractivity contribution in [1.82, 2.24) is 0 Å². The first-order valence-corrected chi connectivity index (χ1v) is 20.5. The van der Waals surface area contributed by atoms with Crippen LogP contribution in [0.4, 0.5) is 56.9 Å². The average molecular weight is 833 g/mol. The molecule has 292 valence electrons. The number of nitro groups is 2. The largest absolute Gasteiger partial charge is 0.354 e. The summed E-state index contributed by atoms with van der Waals surface area (Å²) in [5.41, 5.74) is -1.09. The zero-order chi connectivity index (χ0) is 41.1. The van der Waals surface area contributed by atoms with E-state index in [0.717, 1.165) is 36.4 Å². The van der Waals surface area contributed by atoms with Gasteiger partial charge in [0.15, 0.2) is 0 Å². The van der Waals surface area contributed by atoms with Crippen molar-refractivity contribution in [3.05, 3.63) is 154 Å². The summed E-state index contributed by atoms with van der Waals surface area (Å²) in [6.45, 7) is 0. The molecule has 0 amide bonds. The molecule has 0 aliphatic heterocycles. The molecular weight excluding hydrogens is 805 g/mol. The van der Waals surface area contributed by atoms with Crippen LogP contribution in [0.15, 0.2) is 153 Å². The molecule has 0 fully saturated rings. The normalized spacial score (nSPS) is 11.7. The third-order valence-corrected chi connectivity index (χ3v) is 11.7. The second kappa shape index (κ2) is 15.7. The lowest BCUT2D eigenvalue weighted by Gasteiger charge is -2.14. The van der Waals surface area contributed by atoms with E-state index in [1.54, 1.807) is 60.7 Å². The number of anilines is 8. The highest BCUT2D eigenvalue weighted by Gasteiger charge is 2.27. The molecule has 21 heteroatoms. The Balaban J connectivity index is 1.29. The molecule has 0 bridgehead atoms. The molecule has 6 rings (SSSR count). The number of sulfone groups is 1. The predicted octanol–water partition coefficient (Wildman–Crippen LogP) is 7.80. The van der Waals surface area contributed by atoms with E-state index in [4.69, 9.17) is 0 Å². The van der Waals surface area contributed by atoms with Crippen molar-refractivity contribution in [3.63, 3.8) is 0 Å². The van der Waals surface area contributed by atoms with Crippen LogP contribution in [-0.2, 0) is 30.1 Å². The fourth-order valence-corrected chi connectivity index (χ4v) is 8.15. The van der Waals surface area contributed by atoms with Crippen molar-refractivity contribution in [2.45, 2.75) is 19.6 Å².